The molecule has 0 spiro atoms. The molecule has 1 aromatic heterocycles. The molecule has 0 aliphatic heterocycles. The molecule has 0 amide bonds. The molecule has 0 aliphatic carbocycles. The molecular formula is C14H15FN2O3. The molecule has 1 heterocycles. The van der Waals surface area contributed by atoms with Crippen molar-refractivity contribution in [3.63, 3.8) is 0 Å². The molecule has 5 nitrogen and oxygen atoms in total. The van der Waals surface area contributed by atoms with Gasteiger partial charge in [0, 0.05) is 18.3 Å². The largest absolute Gasteiger partial charge is 0.486 e. The van der Waals surface area contributed by atoms with E-state index in [-0.39, 0.29) is 24.2 Å². The van der Waals surface area contributed by atoms with Crippen molar-refractivity contribution in [1.29, 1.82) is 0 Å². The van der Waals surface area contributed by atoms with Gasteiger partial charge < -0.3 is 14.4 Å². The van der Waals surface area contributed by atoms with Crippen LogP contribution in [0.5, 0.6) is 5.75 Å². The van der Waals surface area contributed by atoms with Gasteiger partial charge in [-0.15, -0.1) is 0 Å². The molecule has 1 aromatic carbocycles. The van der Waals surface area contributed by atoms with Crippen molar-refractivity contribution in [2.75, 3.05) is 0 Å². The maximum Gasteiger partial charge on any atom is 0.356 e. The average Bonchev–Trinajstić information content (AvgIpc) is 2.81. The van der Waals surface area contributed by atoms with E-state index >= 15 is 0 Å². The standard InChI is InChI=1S/C14H15FN2O3/c1-9(2)17-7-12(14(18)19)16-13(17)8-20-11-5-3-4-10(15)6-11/h3-7,9H,8H2,1-2H3,(H,18,19). The minimum absolute atomic E-state index is 0.0310. The first kappa shape index (κ1) is 14.0. The second-order valence-electron chi connectivity index (χ2n) is 4.59. The predicted octanol–water partition coefficient (Wildman–Crippen LogP) is 2.88. The summed E-state index contributed by atoms with van der Waals surface area (Å²) < 4.78 is 20.2. The number of halogens is 1. The van der Waals surface area contributed by atoms with Crippen molar-refractivity contribution < 1.29 is 19.0 Å². The number of ether oxygens (including phenoxy) is 1. The van der Waals surface area contributed by atoms with Crippen LogP contribution in [0.25, 0.3) is 0 Å². The number of aromatic nitrogens is 2. The van der Waals surface area contributed by atoms with Crippen molar-refractivity contribution >= 4 is 5.97 Å². The summed E-state index contributed by atoms with van der Waals surface area (Å²) in [5, 5.41) is 8.96. The van der Waals surface area contributed by atoms with Crippen LogP contribution < -0.4 is 4.74 Å². The van der Waals surface area contributed by atoms with Crippen molar-refractivity contribution in [3.05, 3.63) is 47.8 Å². The summed E-state index contributed by atoms with van der Waals surface area (Å²) in [6.07, 6.45) is 1.47. The average molecular weight is 278 g/mol. The van der Waals surface area contributed by atoms with Crippen molar-refractivity contribution in [2.24, 2.45) is 0 Å². The third-order valence-corrected chi connectivity index (χ3v) is 2.75. The lowest BCUT2D eigenvalue weighted by Gasteiger charge is -2.12. The molecule has 0 aliphatic rings. The highest BCUT2D eigenvalue weighted by molar-refractivity contribution is 5.85. The lowest BCUT2D eigenvalue weighted by molar-refractivity contribution is 0.0690. The summed E-state index contributed by atoms with van der Waals surface area (Å²) in [6, 6.07) is 5.82. The molecular weight excluding hydrogens is 263 g/mol. The van der Waals surface area contributed by atoms with Gasteiger partial charge in [-0.05, 0) is 26.0 Å². The Hall–Kier alpha value is -2.37. The van der Waals surface area contributed by atoms with E-state index < -0.39 is 5.97 Å². The van der Waals surface area contributed by atoms with Gasteiger partial charge in [-0.2, -0.15) is 0 Å². The highest BCUT2D eigenvalue weighted by Gasteiger charge is 2.15. The van der Waals surface area contributed by atoms with Crippen LogP contribution >= 0.6 is 0 Å². The van der Waals surface area contributed by atoms with Gasteiger partial charge in [0.2, 0.25) is 0 Å². The summed E-state index contributed by atoms with van der Waals surface area (Å²) in [6.45, 7) is 3.91. The Morgan fingerprint density at radius 2 is 2.25 bits per heavy atom. The summed E-state index contributed by atoms with van der Waals surface area (Å²) in [4.78, 5) is 15.0. The fourth-order valence-corrected chi connectivity index (χ4v) is 1.79. The zero-order valence-electron chi connectivity index (χ0n) is 11.2. The molecule has 0 unspecified atom stereocenters. The monoisotopic (exact) mass is 278 g/mol. The number of carboxylic acids is 1. The fourth-order valence-electron chi connectivity index (χ4n) is 1.79. The highest BCUT2D eigenvalue weighted by Crippen LogP contribution is 2.16. The van der Waals surface area contributed by atoms with Crippen LogP contribution in [0.2, 0.25) is 0 Å². The molecule has 2 aromatic rings. The molecule has 2 rings (SSSR count). The van der Waals surface area contributed by atoms with Crippen LogP contribution in [-0.2, 0) is 6.61 Å². The van der Waals surface area contributed by atoms with Gasteiger partial charge in [0.1, 0.15) is 24.0 Å². The van der Waals surface area contributed by atoms with Crippen LogP contribution in [-0.4, -0.2) is 20.6 Å². The number of benzene rings is 1. The summed E-state index contributed by atoms with van der Waals surface area (Å²) in [7, 11) is 0. The molecule has 0 fully saturated rings. The topological polar surface area (TPSA) is 64.4 Å². The highest BCUT2D eigenvalue weighted by atomic mass is 19.1. The van der Waals surface area contributed by atoms with E-state index in [0.29, 0.717) is 11.6 Å². The summed E-state index contributed by atoms with van der Waals surface area (Å²) >= 11 is 0. The molecule has 0 atom stereocenters. The third-order valence-electron chi connectivity index (χ3n) is 2.75. The Morgan fingerprint density at radius 1 is 1.50 bits per heavy atom. The molecule has 0 bridgehead atoms. The van der Waals surface area contributed by atoms with Crippen molar-refractivity contribution in [3.8, 4) is 5.75 Å². The number of aromatic carboxylic acids is 1. The Kier molecular flexibility index (Phi) is 4.02. The summed E-state index contributed by atoms with van der Waals surface area (Å²) in [5.41, 5.74) is -0.0310. The molecule has 0 saturated heterocycles. The first-order chi connectivity index (χ1) is 9.47. The molecule has 106 valence electrons. The zero-order chi connectivity index (χ0) is 14.7. The second kappa shape index (κ2) is 5.73. The second-order valence-corrected chi connectivity index (χ2v) is 4.59. The molecule has 0 radical (unpaired) electrons. The zero-order valence-corrected chi connectivity index (χ0v) is 11.2. The lowest BCUT2D eigenvalue weighted by atomic mass is 10.3. The first-order valence-corrected chi connectivity index (χ1v) is 6.17. The van der Waals surface area contributed by atoms with Gasteiger partial charge in [-0.3, -0.25) is 0 Å². The van der Waals surface area contributed by atoms with E-state index in [9.17, 15) is 9.18 Å². The van der Waals surface area contributed by atoms with Crippen LogP contribution in [0.15, 0.2) is 30.5 Å². The Morgan fingerprint density at radius 3 is 2.85 bits per heavy atom. The smallest absolute Gasteiger partial charge is 0.356 e. The molecule has 6 heteroatoms. The van der Waals surface area contributed by atoms with Gasteiger partial charge in [0.15, 0.2) is 5.69 Å². The van der Waals surface area contributed by atoms with Gasteiger partial charge in [-0.25, -0.2) is 14.2 Å². The number of rotatable bonds is 5. The Balaban J connectivity index is 2.18. The number of carboxylic acid groups (broad SMARTS) is 1. The number of carbonyl (C=O) groups is 1. The quantitative estimate of drug-likeness (QED) is 0.913. The van der Waals surface area contributed by atoms with Crippen molar-refractivity contribution in [2.45, 2.75) is 26.5 Å². The van der Waals surface area contributed by atoms with E-state index in [2.05, 4.69) is 4.98 Å². The first-order valence-electron chi connectivity index (χ1n) is 6.17. The van der Waals surface area contributed by atoms with Crippen LogP contribution in [0.3, 0.4) is 0 Å². The van der Waals surface area contributed by atoms with Gasteiger partial charge in [0.05, 0.1) is 0 Å². The van der Waals surface area contributed by atoms with E-state index in [4.69, 9.17) is 9.84 Å². The Labute approximate surface area is 115 Å². The van der Waals surface area contributed by atoms with Gasteiger partial charge in [0.25, 0.3) is 0 Å². The van der Waals surface area contributed by atoms with Gasteiger partial charge in [-0.1, -0.05) is 6.07 Å². The lowest BCUT2D eigenvalue weighted by Crippen LogP contribution is -2.08. The fraction of sp³-hybridized carbons (Fsp3) is 0.286. The minimum atomic E-state index is -1.09. The Bertz CT molecular complexity index is 623. The van der Waals surface area contributed by atoms with Crippen LogP contribution in [0, 0.1) is 5.82 Å². The van der Waals surface area contributed by atoms with Crippen molar-refractivity contribution in [1.82, 2.24) is 9.55 Å². The molecule has 1 N–H and O–H groups in total. The maximum absolute atomic E-state index is 13.0. The van der Waals surface area contributed by atoms with Crippen LogP contribution in [0.4, 0.5) is 4.39 Å². The van der Waals surface area contributed by atoms with E-state index in [0.717, 1.165) is 0 Å². The molecule has 20 heavy (non-hydrogen) atoms. The van der Waals surface area contributed by atoms with Gasteiger partial charge >= 0.3 is 5.97 Å². The number of hydrogen-bond acceptors (Lipinski definition) is 3. The molecule has 0 saturated carbocycles. The van der Waals surface area contributed by atoms with Crippen LogP contribution in [0.1, 0.15) is 36.2 Å². The van der Waals surface area contributed by atoms with E-state index in [1.165, 1.54) is 18.3 Å². The van der Waals surface area contributed by atoms with E-state index in [1.807, 2.05) is 13.8 Å². The van der Waals surface area contributed by atoms with E-state index in [1.54, 1.807) is 16.7 Å². The summed E-state index contributed by atoms with van der Waals surface area (Å²) in [5.74, 6) is -0.612. The number of hydrogen-bond donors (Lipinski definition) is 1. The normalized spacial score (nSPS) is 10.8. The third kappa shape index (κ3) is 3.14. The maximum atomic E-state index is 13.0. The number of nitrogens with zero attached hydrogens (tertiary/aromatic N) is 2. The predicted molar refractivity (Wildman–Crippen MR) is 70.3 cm³/mol. The minimum Gasteiger partial charge on any atom is -0.486 e. The SMILES string of the molecule is CC(C)n1cc(C(=O)O)nc1COc1cccc(F)c1. The number of imidazole rings is 1.